The minimum Gasteiger partial charge on any atom is -0.339 e. The Kier molecular flexibility index (Phi) is 7.07. The third kappa shape index (κ3) is 4.94. The molecule has 1 saturated heterocycles. The van der Waals surface area contributed by atoms with Crippen LogP contribution in [0.1, 0.15) is 47.4 Å². The van der Waals surface area contributed by atoms with E-state index in [1.54, 1.807) is 43.0 Å². The monoisotopic (exact) mass is 447 g/mol. The van der Waals surface area contributed by atoms with Gasteiger partial charge in [0, 0.05) is 37.4 Å². The van der Waals surface area contributed by atoms with Crippen molar-refractivity contribution in [1.82, 2.24) is 9.21 Å². The standard InChI is InChI=1S/C22H26FN3O4S/c1-3-26(4-2)31(29,30)18-11-12-20(23)19(15-18)21(27)24-17-9-7-16(8-10-17)22(28)25-13-5-6-14-25/h7-12,15H,3-6,13-14H2,1-2H3,(H,24,27). The van der Waals surface area contributed by atoms with E-state index in [1.807, 2.05) is 0 Å². The van der Waals surface area contributed by atoms with Crippen LogP contribution in [0.25, 0.3) is 0 Å². The summed E-state index contributed by atoms with van der Waals surface area (Å²) in [6, 6.07) is 9.51. The first-order valence-electron chi connectivity index (χ1n) is 10.3. The fraction of sp³-hybridized carbons (Fsp3) is 0.364. The molecule has 3 rings (SSSR count). The van der Waals surface area contributed by atoms with Crippen molar-refractivity contribution in [3.63, 3.8) is 0 Å². The fourth-order valence-electron chi connectivity index (χ4n) is 3.55. The second kappa shape index (κ2) is 9.57. The topological polar surface area (TPSA) is 86.8 Å². The van der Waals surface area contributed by atoms with Gasteiger partial charge in [-0.1, -0.05) is 13.8 Å². The van der Waals surface area contributed by atoms with Crippen LogP contribution in [0, 0.1) is 5.82 Å². The molecule has 0 atom stereocenters. The molecule has 31 heavy (non-hydrogen) atoms. The van der Waals surface area contributed by atoms with Crippen molar-refractivity contribution in [1.29, 1.82) is 0 Å². The normalized spacial score (nSPS) is 14.1. The zero-order valence-corrected chi connectivity index (χ0v) is 18.4. The van der Waals surface area contributed by atoms with Gasteiger partial charge >= 0.3 is 0 Å². The van der Waals surface area contributed by atoms with Crippen molar-refractivity contribution in [3.05, 3.63) is 59.4 Å². The minimum absolute atomic E-state index is 0.0595. The number of carbonyl (C=O) groups excluding carboxylic acids is 2. The molecule has 2 aromatic rings. The average molecular weight is 448 g/mol. The maximum absolute atomic E-state index is 14.3. The van der Waals surface area contributed by atoms with Gasteiger partial charge in [0.05, 0.1) is 10.5 Å². The van der Waals surface area contributed by atoms with Gasteiger partial charge in [-0.25, -0.2) is 12.8 Å². The zero-order chi connectivity index (χ0) is 22.6. The molecule has 1 N–H and O–H groups in total. The Morgan fingerprint density at radius 1 is 1.03 bits per heavy atom. The van der Waals surface area contributed by atoms with Crippen molar-refractivity contribution in [2.24, 2.45) is 0 Å². The summed E-state index contributed by atoms with van der Waals surface area (Å²) in [5.41, 5.74) is 0.517. The molecule has 0 aromatic heterocycles. The van der Waals surface area contributed by atoms with Gasteiger partial charge in [0.15, 0.2) is 0 Å². The van der Waals surface area contributed by atoms with E-state index in [1.165, 1.54) is 4.31 Å². The maximum atomic E-state index is 14.3. The van der Waals surface area contributed by atoms with Gasteiger partial charge in [-0.05, 0) is 55.3 Å². The number of sulfonamides is 1. The van der Waals surface area contributed by atoms with Gasteiger partial charge in [-0.2, -0.15) is 4.31 Å². The van der Waals surface area contributed by atoms with E-state index in [0.717, 1.165) is 44.1 Å². The van der Waals surface area contributed by atoms with Crippen LogP contribution in [0.3, 0.4) is 0 Å². The molecule has 7 nitrogen and oxygen atoms in total. The molecular weight excluding hydrogens is 421 g/mol. The number of benzene rings is 2. The van der Waals surface area contributed by atoms with Gasteiger partial charge in [0.1, 0.15) is 5.82 Å². The third-order valence-electron chi connectivity index (χ3n) is 5.31. The molecule has 2 aromatic carbocycles. The summed E-state index contributed by atoms with van der Waals surface area (Å²) in [5.74, 6) is -1.65. The molecule has 1 fully saturated rings. The van der Waals surface area contributed by atoms with Crippen molar-refractivity contribution < 1.29 is 22.4 Å². The lowest BCUT2D eigenvalue weighted by molar-refractivity contribution is 0.0792. The number of likely N-dealkylation sites (tertiary alicyclic amines) is 1. The molecule has 0 bridgehead atoms. The predicted octanol–water partition coefficient (Wildman–Crippen LogP) is 3.34. The lowest BCUT2D eigenvalue weighted by atomic mass is 10.1. The second-order valence-corrected chi connectivity index (χ2v) is 9.20. The number of carbonyl (C=O) groups is 2. The van der Waals surface area contributed by atoms with Crippen molar-refractivity contribution in [2.75, 3.05) is 31.5 Å². The predicted molar refractivity (Wildman–Crippen MR) is 116 cm³/mol. The first-order valence-corrected chi connectivity index (χ1v) is 11.7. The Hall–Kier alpha value is -2.78. The third-order valence-corrected chi connectivity index (χ3v) is 7.35. The Morgan fingerprint density at radius 3 is 2.23 bits per heavy atom. The molecular formula is C22H26FN3O4S. The molecule has 0 radical (unpaired) electrons. The van der Waals surface area contributed by atoms with Crippen LogP contribution in [0.15, 0.2) is 47.4 Å². The fourth-order valence-corrected chi connectivity index (χ4v) is 5.03. The van der Waals surface area contributed by atoms with Crippen molar-refractivity contribution in [2.45, 2.75) is 31.6 Å². The van der Waals surface area contributed by atoms with Crippen LogP contribution < -0.4 is 5.32 Å². The van der Waals surface area contributed by atoms with E-state index in [0.29, 0.717) is 11.3 Å². The molecule has 0 saturated carbocycles. The van der Waals surface area contributed by atoms with E-state index < -0.39 is 21.7 Å². The largest absolute Gasteiger partial charge is 0.339 e. The van der Waals surface area contributed by atoms with Crippen LogP contribution >= 0.6 is 0 Å². The highest BCUT2D eigenvalue weighted by atomic mass is 32.2. The van der Waals surface area contributed by atoms with Crippen LogP contribution in [0.5, 0.6) is 0 Å². The highest BCUT2D eigenvalue weighted by molar-refractivity contribution is 7.89. The summed E-state index contributed by atoms with van der Waals surface area (Å²) in [6.07, 6.45) is 1.99. The number of nitrogens with one attached hydrogen (secondary N) is 1. The summed E-state index contributed by atoms with van der Waals surface area (Å²) in [4.78, 5) is 26.7. The first kappa shape index (κ1) is 22.9. The zero-order valence-electron chi connectivity index (χ0n) is 17.6. The number of hydrogen-bond acceptors (Lipinski definition) is 4. The Bertz CT molecular complexity index is 1060. The molecule has 9 heteroatoms. The van der Waals surface area contributed by atoms with Crippen LogP contribution in [-0.4, -0.2) is 55.6 Å². The van der Waals surface area contributed by atoms with Crippen LogP contribution in [0.4, 0.5) is 10.1 Å². The summed E-state index contributed by atoms with van der Waals surface area (Å²) < 4.78 is 40.9. The van der Waals surface area contributed by atoms with Gasteiger partial charge in [0.2, 0.25) is 10.0 Å². The van der Waals surface area contributed by atoms with Crippen LogP contribution in [-0.2, 0) is 10.0 Å². The molecule has 0 spiro atoms. The number of hydrogen-bond donors (Lipinski definition) is 1. The molecule has 0 unspecified atom stereocenters. The Balaban J connectivity index is 1.78. The Labute approximate surface area is 181 Å². The molecule has 0 aliphatic carbocycles. The second-order valence-electron chi connectivity index (χ2n) is 7.26. The van der Waals surface area contributed by atoms with Gasteiger partial charge in [-0.15, -0.1) is 0 Å². The van der Waals surface area contributed by atoms with Crippen LogP contribution in [0.2, 0.25) is 0 Å². The highest BCUT2D eigenvalue weighted by Crippen LogP contribution is 2.21. The van der Waals surface area contributed by atoms with Gasteiger partial charge in [-0.3, -0.25) is 9.59 Å². The molecule has 166 valence electrons. The highest BCUT2D eigenvalue weighted by Gasteiger charge is 2.24. The van der Waals surface area contributed by atoms with E-state index in [9.17, 15) is 22.4 Å². The smallest absolute Gasteiger partial charge is 0.258 e. The first-order chi connectivity index (χ1) is 14.8. The number of amides is 2. The minimum atomic E-state index is -3.83. The lowest BCUT2D eigenvalue weighted by Gasteiger charge is -2.19. The SMILES string of the molecule is CCN(CC)S(=O)(=O)c1ccc(F)c(C(=O)Nc2ccc(C(=O)N3CCCC3)cc2)c1. The molecule has 2 amide bonds. The van der Waals surface area contributed by atoms with Crippen molar-refractivity contribution in [3.8, 4) is 0 Å². The van der Waals surface area contributed by atoms with E-state index in [4.69, 9.17) is 0 Å². The molecule has 1 aliphatic rings. The number of rotatable bonds is 7. The summed E-state index contributed by atoms with van der Waals surface area (Å²) in [5, 5.41) is 2.56. The average Bonchev–Trinajstić information content (AvgIpc) is 3.29. The molecule has 1 aliphatic heterocycles. The van der Waals surface area contributed by atoms with E-state index in [2.05, 4.69) is 5.32 Å². The number of nitrogens with zero attached hydrogens (tertiary/aromatic N) is 2. The van der Waals surface area contributed by atoms with Crippen molar-refractivity contribution >= 4 is 27.5 Å². The summed E-state index contributed by atoms with van der Waals surface area (Å²) in [7, 11) is -3.83. The van der Waals surface area contributed by atoms with Gasteiger partial charge in [0.25, 0.3) is 11.8 Å². The van der Waals surface area contributed by atoms with E-state index >= 15 is 0 Å². The number of halogens is 1. The quantitative estimate of drug-likeness (QED) is 0.705. The number of anilines is 1. The summed E-state index contributed by atoms with van der Waals surface area (Å²) >= 11 is 0. The summed E-state index contributed by atoms with van der Waals surface area (Å²) in [6.45, 7) is 5.42. The lowest BCUT2D eigenvalue weighted by Crippen LogP contribution is -2.31. The van der Waals surface area contributed by atoms with E-state index in [-0.39, 0.29) is 29.5 Å². The Morgan fingerprint density at radius 2 is 1.65 bits per heavy atom. The molecule has 1 heterocycles. The van der Waals surface area contributed by atoms with Gasteiger partial charge < -0.3 is 10.2 Å². The maximum Gasteiger partial charge on any atom is 0.258 e.